The predicted octanol–water partition coefficient (Wildman–Crippen LogP) is 2.47. The molecule has 2 unspecified atom stereocenters. The summed E-state index contributed by atoms with van der Waals surface area (Å²) in [6.07, 6.45) is 0.940. The molecule has 6 nitrogen and oxygen atoms in total. The standard InChI is InChI=1S/C19H27N3O3/c1-3-20-19(22-13-18-10-7-11-24-18)21-12-17(23)14-25-15(2)16-8-5-4-6-9-16/h4-11,15,17,23H,3,12-14H2,1-2H3,(H2,20,21,22). The van der Waals surface area contributed by atoms with Crippen molar-refractivity contribution in [3.8, 4) is 0 Å². The smallest absolute Gasteiger partial charge is 0.191 e. The molecule has 0 radical (unpaired) electrons. The molecule has 1 aromatic heterocycles. The van der Waals surface area contributed by atoms with Crippen LogP contribution in [-0.2, 0) is 11.3 Å². The Balaban J connectivity index is 1.74. The quantitative estimate of drug-likeness (QED) is 0.481. The highest BCUT2D eigenvalue weighted by atomic mass is 16.5. The van der Waals surface area contributed by atoms with Crippen molar-refractivity contribution < 1.29 is 14.3 Å². The number of aliphatic hydroxyl groups is 1. The van der Waals surface area contributed by atoms with Gasteiger partial charge in [-0.3, -0.25) is 0 Å². The van der Waals surface area contributed by atoms with E-state index in [0.29, 0.717) is 19.0 Å². The minimum Gasteiger partial charge on any atom is -0.467 e. The molecule has 0 bridgehead atoms. The van der Waals surface area contributed by atoms with Crippen LogP contribution in [0.4, 0.5) is 0 Å². The van der Waals surface area contributed by atoms with Crippen molar-refractivity contribution >= 4 is 5.96 Å². The number of ether oxygens (including phenoxy) is 1. The van der Waals surface area contributed by atoms with Gasteiger partial charge < -0.3 is 24.9 Å². The molecule has 6 heteroatoms. The first-order chi connectivity index (χ1) is 12.2. The lowest BCUT2D eigenvalue weighted by atomic mass is 10.1. The van der Waals surface area contributed by atoms with Crippen LogP contribution in [0.3, 0.4) is 0 Å². The zero-order valence-corrected chi connectivity index (χ0v) is 14.8. The van der Waals surface area contributed by atoms with Crippen molar-refractivity contribution in [3.05, 3.63) is 60.1 Å². The lowest BCUT2D eigenvalue weighted by molar-refractivity contribution is -0.000600. The highest BCUT2D eigenvalue weighted by Crippen LogP contribution is 2.15. The highest BCUT2D eigenvalue weighted by molar-refractivity contribution is 5.79. The van der Waals surface area contributed by atoms with Gasteiger partial charge in [0.15, 0.2) is 5.96 Å². The van der Waals surface area contributed by atoms with Crippen molar-refractivity contribution in [3.63, 3.8) is 0 Å². The summed E-state index contributed by atoms with van der Waals surface area (Å²) < 4.78 is 11.0. The van der Waals surface area contributed by atoms with Crippen LogP contribution in [0, 0.1) is 0 Å². The average molecular weight is 345 g/mol. The molecule has 0 saturated carbocycles. The maximum Gasteiger partial charge on any atom is 0.191 e. The Labute approximate surface area is 148 Å². The van der Waals surface area contributed by atoms with Gasteiger partial charge >= 0.3 is 0 Å². The van der Waals surface area contributed by atoms with E-state index in [1.165, 1.54) is 0 Å². The lowest BCUT2D eigenvalue weighted by Crippen LogP contribution is -2.42. The van der Waals surface area contributed by atoms with Crippen LogP contribution >= 0.6 is 0 Å². The van der Waals surface area contributed by atoms with Gasteiger partial charge in [0.2, 0.25) is 0 Å². The SMILES string of the molecule is CCNC(=NCc1ccco1)NCC(O)COC(C)c1ccccc1. The molecule has 0 fully saturated rings. The number of hydrogen-bond acceptors (Lipinski definition) is 4. The van der Waals surface area contributed by atoms with E-state index in [4.69, 9.17) is 9.15 Å². The number of aliphatic hydroxyl groups excluding tert-OH is 1. The monoisotopic (exact) mass is 345 g/mol. The van der Waals surface area contributed by atoms with Gasteiger partial charge in [-0.05, 0) is 31.5 Å². The second-order valence-electron chi connectivity index (χ2n) is 5.70. The lowest BCUT2D eigenvalue weighted by Gasteiger charge is -2.18. The summed E-state index contributed by atoms with van der Waals surface area (Å²) >= 11 is 0. The van der Waals surface area contributed by atoms with E-state index in [1.54, 1.807) is 6.26 Å². The first kappa shape index (κ1) is 19.0. The van der Waals surface area contributed by atoms with Crippen molar-refractivity contribution in [2.75, 3.05) is 19.7 Å². The maximum absolute atomic E-state index is 10.1. The predicted molar refractivity (Wildman–Crippen MR) is 98.3 cm³/mol. The number of aliphatic imine (C=N–C) groups is 1. The van der Waals surface area contributed by atoms with Crippen LogP contribution < -0.4 is 10.6 Å². The molecule has 0 amide bonds. The molecule has 1 heterocycles. The normalized spacial score (nSPS) is 14.1. The van der Waals surface area contributed by atoms with Crippen LogP contribution in [0.1, 0.15) is 31.3 Å². The van der Waals surface area contributed by atoms with Crippen molar-refractivity contribution in [2.45, 2.75) is 32.6 Å². The summed E-state index contributed by atoms with van der Waals surface area (Å²) in [7, 11) is 0. The average Bonchev–Trinajstić information content (AvgIpc) is 3.16. The molecule has 2 rings (SSSR count). The summed E-state index contributed by atoms with van der Waals surface area (Å²) in [5.74, 6) is 1.42. The van der Waals surface area contributed by atoms with Crippen molar-refractivity contribution in [1.29, 1.82) is 0 Å². The molecule has 0 spiro atoms. The van der Waals surface area contributed by atoms with E-state index < -0.39 is 6.10 Å². The number of furan rings is 1. The number of nitrogens with zero attached hydrogens (tertiary/aromatic N) is 1. The molecule has 2 atom stereocenters. The van der Waals surface area contributed by atoms with Crippen LogP contribution in [0.2, 0.25) is 0 Å². The number of guanidine groups is 1. The molecule has 0 aliphatic heterocycles. The summed E-state index contributed by atoms with van der Waals surface area (Å²) in [4.78, 5) is 4.42. The molecule has 25 heavy (non-hydrogen) atoms. The van der Waals surface area contributed by atoms with E-state index in [9.17, 15) is 5.11 Å². The molecule has 3 N–H and O–H groups in total. The Morgan fingerprint density at radius 3 is 2.68 bits per heavy atom. The number of benzene rings is 1. The largest absolute Gasteiger partial charge is 0.467 e. The summed E-state index contributed by atoms with van der Waals surface area (Å²) in [6.45, 7) is 5.75. The van der Waals surface area contributed by atoms with Gasteiger partial charge in [-0.1, -0.05) is 30.3 Å². The van der Waals surface area contributed by atoms with Gasteiger partial charge in [-0.2, -0.15) is 0 Å². The maximum atomic E-state index is 10.1. The van der Waals surface area contributed by atoms with E-state index in [-0.39, 0.29) is 12.7 Å². The topological polar surface area (TPSA) is 79.0 Å². The Hall–Kier alpha value is -2.31. The summed E-state index contributed by atoms with van der Waals surface area (Å²) in [5.41, 5.74) is 1.09. The van der Waals surface area contributed by atoms with E-state index in [0.717, 1.165) is 17.9 Å². The van der Waals surface area contributed by atoms with Crippen LogP contribution in [-0.4, -0.2) is 36.9 Å². The molecule has 1 aromatic carbocycles. The fourth-order valence-corrected chi connectivity index (χ4v) is 2.25. The molecule has 2 aromatic rings. The molecule has 136 valence electrons. The molecule has 0 aliphatic carbocycles. The minimum absolute atomic E-state index is 0.0586. The number of rotatable bonds is 9. The second kappa shape index (κ2) is 10.5. The van der Waals surface area contributed by atoms with Gasteiger partial charge in [0.05, 0.1) is 25.1 Å². The highest BCUT2D eigenvalue weighted by Gasteiger charge is 2.10. The van der Waals surface area contributed by atoms with Gasteiger partial charge in [-0.25, -0.2) is 4.99 Å². The van der Waals surface area contributed by atoms with E-state index in [1.807, 2.05) is 56.3 Å². The first-order valence-corrected chi connectivity index (χ1v) is 8.58. The minimum atomic E-state index is -0.626. The molecular formula is C19H27N3O3. The Morgan fingerprint density at radius 2 is 2.00 bits per heavy atom. The van der Waals surface area contributed by atoms with E-state index >= 15 is 0 Å². The molecule has 0 saturated heterocycles. The third-order valence-corrected chi connectivity index (χ3v) is 3.63. The van der Waals surface area contributed by atoms with Gasteiger partial charge in [-0.15, -0.1) is 0 Å². The zero-order chi connectivity index (χ0) is 17.9. The van der Waals surface area contributed by atoms with E-state index in [2.05, 4.69) is 15.6 Å². The second-order valence-corrected chi connectivity index (χ2v) is 5.70. The third kappa shape index (κ3) is 6.99. The fourth-order valence-electron chi connectivity index (χ4n) is 2.25. The third-order valence-electron chi connectivity index (χ3n) is 3.63. The van der Waals surface area contributed by atoms with Crippen LogP contribution in [0.15, 0.2) is 58.1 Å². The van der Waals surface area contributed by atoms with Gasteiger partial charge in [0, 0.05) is 13.1 Å². The van der Waals surface area contributed by atoms with Crippen LogP contribution in [0.5, 0.6) is 0 Å². The van der Waals surface area contributed by atoms with Gasteiger partial charge in [0.1, 0.15) is 12.3 Å². The number of nitrogens with one attached hydrogen (secondary N) is 2. The van der Waals surface area contributed by atoms with Crippen molar-refractivity contribution in [1.82, 2.24) is 10.6 Å². The Kier molecular flexibility index (Phi) is 8.01. The summed E-state index contributed by atoms with van der Waals surface area (Å²) in [6, 6.07) is 13.7. The summed E-state index contributed by atoms with van der Waals surface area (Å²) in [5, 5.41) is 16.4. The zero-order valence-electron chi connectivity index (χ0n) is 14.8. The fraction of sp³-hybridized carbons (Fsp3) is 0.421. The Morgan fingerprint density at radius 1 is 1.20 bits per heavy atom. The first-order valence-electron chi connectivity index (χ1n) is 8.58. The molecule has 0 aliphatic rings. The molecular weight excluding hydrogens is 318 g/mol. The number of hydrogen-bond donors (Lipinski definition) is 3. The Bertz CT molecular complexity index is 614. The van der Waals surface area contributed by atoms with Crippen molar-refractivity contribution in [2.24, 2.45) is 4.99 Å². The van der Waals surface area contributed by atoms with Gasteiger partial charge in [0.25, 0.3) is 0 Å². The van der Waals surface area contributed by atoms with Crippen LogP contribution in [0.25, 0.3) is 0 Å².